The van der Waals surface area contributed by atoms with Gasteiger partial charge in [-0.25, -0.2) is 18.8 Å². The second kappa shape index (κ2) is 14.6. The second-order valence-electron chi connectivity index (χ2n) is 13.0. The third-order valence-electron chi connectivity index (χ3n) is 9.76. The molecule has 15 nitrogen and oxygen atoms in total. The van der Waals surface area contributed by atoms with Crippen molar-refractivity contribution in [2.45, 2.75) is 56.7 Å². The number of anilines is 1. The monoisotopic (exact) mass is 669 g/mol. The molecule has 0 spiro atoms. The van der Waals surface area contributed by atoms with Crippen molar-refractivity contribution in [2.24, 2.45) is 10.9 Å². The van der Waals surface area contributed by atoms with E-state index in [1.54, 1.807) is 19.5 Å². The molecule has 0 bridgehead atoms. The van der Waals surface area contributed by atoms with E-state index >= 15 is 0 Å². The Balaban J connectivity index is 1.07. The summed E-state index contributed by atoms with van der Waals surface area (Å²) in [5, 5.41) is 23.6. The van der Waals surface area contributed by atoms with Crippen molar-refractivity contribution < 1.29 is 19.1 Å². The molecule has 1 saturated heterocycles. The van der Waals surface area contributed by atoms with Gasteiger partial charge in [0, 0.05) is 68.0 Å². The molecule has 2 aliphatic carbocycles. The van der Waals surface area contributed by atoms with E-state index in [-0.39, 0.29) is 24.2 Å². The third kappa shape index (κ3) is 7.36. The lowest BCUT2D eigenvalue weighted by Gasteiger charge is -2.36. The first kappa shape index (κ1) is 32.5. The van der Waals surface area contributed by atoms with Gasteiger partial charge in [-0.05, 0) is 68.7 Å². The molecule has 3 amide bonds. The first-order valence-corrected chi connectivity index (χ1v) is 17.0. The smallest absolute Gasteiger partial charge is 0.406 e. The number of carbonyl (C=O) groups excluding carboxylic acids is 2. The van der Waals surface area contributed by atoms with Crippen LogP contribution in [0.15, 0.2) is 47.8 Å². The molecule has 0 atom stereocenters. The lowest BCUT2D eigenvalue weighted by Crippen LogP contribution is -2.49. The average Bonchev–Trinajstić information content (AvgIpc) is 3.78. The topological polar surface area (TPSA) is 165 Å². The molecule has 5 heterocycles. The van der Waals surface area contributed by atoms with Crippen LogP contribution in [0.25, 0.3) is 28.2 Å². The number of urea groups is 1. The minimum absolute atomic E-state index is 0.00269. The number of fused-ring (bicyclic) bond motifs is 1. The molecule has 2 saturated carbocycles. The van der Waals surface area contributed by atoms with Crippen LogP contribution in [0.2, 0.25) is 0 Å². The van der Waals surface area contributed by atoms with Crippen LogP contribution < -0.4 is 16.0 Å². The maximum absolute atomic E-state index is 12.7. The van der Waals surface area contributed by atoms with E-state index in [0.717, 1.165) is 77.9 Å². The van der Waals surface area contributed by atoms with E-state index in [9.17, 15) is 9.59 Å². The zero-order valence-corrected chi connectivity index (χ0v) is 27.9. The first-order chi connectivity index (χ1) is 24.0. The van der Waals surface area contributed by atoms with Crippen LogP contribution in [0.1, 0.15) is 50.1 Å². The van der Waals surface area contributed by atoms with E-state index in [1.165, 1.54) is 7.11 Å². The fraction of sp³-hybridized carbons (Fsp3) is 0.500. The normalized spacial score (nSPS) is 22.5. The fourth-order valence-corrected chi connectivity index (χ4v) is 6.98. The van der Waals surface area contributed by atoms with E-state index in [2.05, 4.69) is 42.4 Å². The van der Waals surface area contributed by atoms with Gasteiger partial charge in [0.1, 0.15) is 5.69 Å². The summed E-state index contributed by atoms with van der Waals surface area (Å²) in [7, 11) is 3.12. The standard InChI is InChI=1S/C34H43N11O4/c1-35-17-23-15-27-7-8-32(45(27)38-19-23)30-16-29(39-25-13-22(14-25)18-37-34(47)48-2)28(20-36-30)31-21-44(42-41-31)26-5-3-24(4-6-26)40-33(46)43-9-11-49-12-10-43/h7-8,15-17,19-22,24-26H,3-6,9-14,18H2,1-2H3,(H,36,39)(H,37,47)(H,40,46)/b35-17-/t22-,24-,25-,26-. The number of nitrogens with one attached hydrogen (secondary N) is 3. The van der Waals surface area contributed by atoms with Gasteiger partial charge in [0.05, 0.1) is 55.7 Å². The van der Waals surface area contributed by atoms with Gasteiger partial charge in [0.25, 0.3) is 0 Å². The molecule has 0 aromatic carbocycles. The first-order valence-electron chi connectivity index (χ1n) is 17.0. The number of amides is 3. The summed E-state index contributed by atoms with van der Waals surface area (Å²) in [6.45, 7) is 3.04. The molecule has 4 aromatic heterocycles. The second-order valence-corrected chi connectivity index (χ2v) is 13.0. The summed E-state index contributed by atoms with van der Waals surface area (Å²) in [4.78, 5) is 35.1. The van der Waals surface area contributed by atoms with Crippen LogP contribution in [0, 0.1) is 5.92 Å². The molecular formula is C34H43N11O4. The number of ether oxygens (including phenoxy) is 2. The minimum atomic E-state index is -0.408. The molecule has 0 unspecified atom stereocenters. The molecule has 3 N–H and O–H groups in total. The number of morpholine rings is 1. The Kier molecular flexibility index (Phi) is 9.68. The van der Waals surface area contributed by atoms with Gasteiger partial charge < -0.3 is 30.3 Å². The van der Waals surface area contributed by atoms with Crippen LogP contribution in [0.3, 0.4) is 0 Å². The highest BCUT2D eigenvalue weighted by molar-refractivity contribution is 5.82. The van der Waals surface area contributed by atoms with Gasteiger partial charge in [-0.15, -0.1) is 5.10 Å². The van der Waals surface area contributed by atoms with Crippen molar-refractivity contribution in [1.29, 1.82) is 0 Å². The van der Waals surface area contributed by atoms with Crippen molar-refractivity contribution in [3.05, 3.63) is 48.4 Å². The Hall–Kier alpha value is -5.05. The SMILES string of the molecule is C/N=C\c1cnn2c(-c3cc(N[C@H]4C[C@H](CNC(=O)OC)C4)c(-c4cn([C@H]5CC[C@H](NC(=O)N6CCOCC6)CC5)nn4)cn3)ccc2c1. The lowest BCUT2D eigenvalue weighted by molar-refractivity contribution is 0.0519. The number of methoxy groups -OCH3 is 1. The van der Waals surface area contributed by atoms with E-state index in [1.807, 2.05) is 44.7 Å². The van der Waals surface area contributed by atoms with Crippen LogP contribution in [-0.4, -0.2) is 112 Å². The number of nitrogens with zero attached hydrogens (tertiary/aromatic N) is 8. The highest BCUT2D eigenvalue weighted by Crippen LogP contribution is 2.36. The van der Waals surface area contributed by atoms with Crippen molar-refractivity contribution in [3.8, 4) is 22.6 Å². The third-order valence-corrected chi connectivity index (χ3v) is 9.76. The van der Waals surface area contributed by atoms with E-state index in [4.69, 9.17) is 14.5 Å². The maximum Gasteiger partial charge on any atom is 0.406 e. The summed E-state index contributed by atoms with van der Waals surface area (Å²) < 4.78 is 13.9. The number of hydrogen-bond acceptors (Lipinski definition) is 10. The van der Waals surface area contributed by atoms with Crippen molar-refractivity contribution >= 4 is 29.5 Å². The maximum atomic E-state index is 12.7. The Morgan fingerprint density at radius 1 is 1.06 bits per heavy atom. The van der Waals surface area contributed by atoms with Crippen LogP contribution in [0.4, 0.5) is 15.3 Å². The summed E-state index contributed by atoms with van der Waals surface area (Å²) in [6.07, 6.45) is 12.4. The molecule has 4 aromatic rings. The summed E-state index contributed by atoms with van der Waals surface area (Å²) in [6, 6.07) is 8.74. The molecule has 258 valence electrons. The summed E-state index contributed by atoms with van der Waals surface area (Å²) in [5.41, 5.74) is 6.07. The Bertz CT molecular complexity index is 1800. The van der Waals surface area contributed by atoms with Crippen LogP contribution >= 0.6 is 0 Å². The lowest BCUT2D eigenvalue weighted by atomic mass is 9.80. The number of rotatable bonds is 9. The predicted molar refractivity (Wildman–Crippen MR) is 184 cm³/mol. The number of aromatic nitrogens is 6. The van der Waals surface area contributed by atoms with Gasteiger partial charge in [-0.2, -0.15) is 5.10 Å². The molecule has 7 rings (SSSR count). The van der Waals surface area contributed by atoms with Gasteiger partial charge >= 0.3 is 12.1 Å². The van der Waals surface area contributed by atoms with E-state index < -0.39 is 6.09 Å². The quantitative estimate of drug-likeness (QED) is 0.225. The number of hydrogen-bond donors (Lipinski definition) is 3. The van der Waals surface area contributed by atoms with Crippen LogP contribution in [-0.2, 0) is 9.47 Å². The Morgan fingerprint density at radius 3 is 2.65 bits per heavy atom. The Labute approximate surface area is 284 Å². The van der Waals surface area contributed by atoms with Crippen LogP contribution in [0.5, 0.6) is 0 Å². The highest BCUT2D eigenvalue weighted by atomic mass is 16.5. The zero-order chi connectivity index (χ0) is 33.7. The number of aliphatic imine (C=N–C) groups is 1. The largest absolute Gasteiger partial charge is 0.453 e. The molecular weight excluding hydrogens is 626 g/mol. The van der Waals surface area contributed by atoms with Crippen molar-refractivity contribution in [3.63, 3.8) is 0 Å². The number of carbonyl (C=O) groups is 2. The predicted octanol–water partition coefficient (Wildman–Crippen LogP) is 3.78. The van der Waals surface area contributed by atoms with Gasteiger partial charge in [0.2, 0.25) is 0 Å². The molecule has 49 heavy (non-hydrogen) atoms. The highest BCUT2D eigenvalue weighted by Gasteiger charge is 2.31. The van der Waals surface area contributed by atoms with Crippen molar-refractivity contribution in [2.75, 3.05) is 52.3 Å². The van der Waals surface area contributed by atoms with Gasteiger partial charge in [-0.1, -0.05) is 5.21 Å². The molecule has 1 aliphatic heterocycles. The molecule has 0 radical (unpaired) electrons. The van der Waals surface area contributed by atoms with Gasteiger partial charge in [-0.3, -0.25) is 9.98 Å². The molecule has 15 heteroatoms. The average molecular weight is 670 g/mol. The van der Waals surface area contributed by atoms with Gasteiger partial charge in [0.15, 0.2) is 0 Å². The molecule has 3 fully saturated rings. The minimum Gasteiger partial charge on any atom is -0.453 e. The zero-order valence-electron chi connectivity index (χ0n) is 27.9. The Morgan fingerprint density at radius 2 is 1.88 bits per heavy atom. The van der Waals surface area contributed by atoms with Crippen molar-refractivity contribution in [1.82, 2.24) is 45.1 Å². The fourth-order valence-electron chi connectivity index (χ4n) is 6.98. The number of alkyl carbamates (subject to hydrolysis) is 1. The van der Waals surface area contributed by atoms with E-state index in [0.29, 0.717) is 38.8 Å². The number of pyridine rings is 1. The summed E-state index contributed by atoms with van der Waals surface area (Å²) in [5.74, 6) is 0.371. The summed E-state index contributed by atoms with van der Waals surface area (Å²) >= 11 is 0. The molecule has 3 aliphatic rings.